The zero-order valence-electron chi connectivity index (χ0n) is 12.2. The maximum absolute atomic E-state index is 11.5. The lowest BCUT2D eigenvalue weighted by molar-refractivity contribution is 0.100. The second kappa shape index (κ2) is 4.31. The number of aromatic nitrogens is 2. The van der Waals surface area contributed by atoms with Crippen molar-refractivity contribution in [1.82, 2.24) is 14.9 Å². The normalized spacial score (nSPS) is 24.0. The third-order valence-corrected chi connectivity index (χ3v) is 5.15. The lowest BCUT2D eigenvalue weighted by atomic mass is 10.2. The van der Waals surface area contributed by atoms with Gasteiger partial charge in [0.05, 0.1) is 17.1 Å². The number of likely N-dealkylation sites (tertiary alicyclic amines) is 1. The first-order valence-corrected chi connectivity index (χ1v) is 7.70. The first-order chi connectivity index (χ1) is 10.1. The van der Waals surface area contributed by atoms with E-state index in [0.717, 1.165) is 24.3 Å². The lowest BCUT2D eigenvalue weighted by Crippen LogP contribution is -2.33. The lowest BCUT2D eigenvalue weighted by Gasteiger charge is -2.27. The van der Waals surface area contributed by atoms with E-state index in [4.69, 9.17) is 10.7 Å². The zero-order chi connectivity index (χ0) is 14.6. The van der Waals surface area contributed by atoms with Crippen molar-refractivity contribution >= 4 is 16.9 Å². The molecule has 21 heavy (non-hydrogen) atoms. The molecular weight excluding hydrogens is 264 g/mol. The number of nitrogens with two attached hydrogens (primary N) is 1. The number of para-hydroxylation sites is 1. The van der Waals surface area contributed by atoms with Crippen molar-refractivity contribution in [3.05, 3.63) is 29.6 Å². The monoisotopic (exact) mass is 284 g/mol. The number of H-pyrrole nitrogens is 1. The highest BCUT2D eigenvalue weighted by Crippen LogP contribution is 2.55. The number of hydrogen-bond donors (Lipinski definition) is 2. The molecule has 1 unspecified atom stereocenters. The Balaban J connectivity index is 1.77. The predicted molar refractivity (Wildman–Crippen MR) is 80.9 cm³/mol. The molecule has 4 rings (SSSR count). The Labute approximate surface area is 123 Å². The molecule has 1 saturated carbocycles. The van der Waals surface area contributed by atoms with Gasteiger partial charge in [0, 0.05) is 5.54 Å². The number of benzene rings is 1. The molecule has 0 bridgehead atoms. The Hall–Kier alpha value is -1.88. The molecule has 1 aromatic heterocycles. The summed E-state index contributed by atoms with van der Waals surface area (Å²) in [7, 11) is 0. The maximum Gasteiger partial charge on any atom is 0.250 e. The van der Waals surface area contributed by atoms with Gasteiger partial charge in [-0.25, -0.2) is 4.98 Å². The molecule has 1 aliphatic carbocycles. The molecule has 0 radical (unpaired) electrons. The molecular formula is C16H20N4O. The summed E-state index contributed by atoms with van der Waals surface area (Å²) in [5.74, 6) is 0.556. The van der Waals surface area contributed by atoms with Gasteiger partial charge in [-0.3, -0.25) is 9.69 Å². The fourth-order valence-corrected chi connectivity index (χ4v) is 3.96. The van der Waals surface area contributed by atoms with E-state index in [0.29, 0.717) is 22.7 Å². The van der Waals surface area contributed by atoms with Crippen LogP contribution in [0.3, 0.4) is 0 Å². The van der Waals surface area contributed by atoms with Crippen molar-refractivity contribution in [2.75, 3.05) is 6.54 Å². The number of rotatable bonds is 3. The average molecular weight is 284 g/mol. The van der Waals surface area contributed by atoms with Gasteiger partial charge >= 0.3 is 0 Å². The van der Waals surface area contributed by atoms with Crippen LogP contribution in [-0.4, -0.2) is 32.9 Å². The Kier molecular flexibility index (Phi) is 2.63. The number of carbonyl (C=O) groups excluding carboxylic acids is 1. The van der Waals surface area contributed by atoms with Crippen LogP contribution in [-0.2, 0) is 0 Å². The fraction of sp³-hybridized carbons (Fsp3) is 0.500. The van der Waals surface area contributed by atoms with Crippen molar-refractivity contribution < 1.29 is 4.79 Å². The first kappa shape index (κ1) is 12.8. The molecule has 3 N–H and O–H groups in total. The van der Waals surface area contributed by atoms with Crippen LogP contribution in [0, 0.1) is 0 Å². The van der Waals surface area contributed by atoms with Crippen molar-refractivity contribution in [1.29, 1.82) is 0 Å². The number of amides is 1. The molecule has 1 amide bonds. The zero-order valence-corrected chi connectivity index (χ0v) is 12.2. The number of primary amides is 1. The number of nitrogens with zero attached hydrogens (tertiary/aromatic N) is 2. The molecule has 1 aliphatic heterocycles. The Bertz CT molecular complexity index is 716. The van der Waals surface area contributed by atoms with E-state index in [1.807, 2.05) is 12.1 Å². The minimum atomic E-state index is -0.420. The summed E-state index contributed by atoms with van der Waals surface area (Å²) in [6.07, 6.45) is 5.01. The van der Waals surface area contributed by atoms with Crippen LogP contribution in [0.1, 0.15) is 54.8 Å². The van der Waals surface area contributed by atoms with Crippen LogP contribution in [0.4, 0.5) is 0 Å². The minimum Gasteiger partial charge on any atom is -0.366 e. The minimum absolute atomic E-state index is 0.339. The number of fused-ring (bicyclic) bond motifs is 1. The third-order valence-electron chi connectivity index (χ3n) is 5.15. The molecule has 1 saturated heterocycles. The Morgan fingerprint density at radius 3 is 2.95 bits per heavy atom. The van der Waals surface area contributed by atoms with Crippen LogP contribution in [0.15, 0.2) is 18.2 Å². The van der Waals surface area contributed by atoms with Gasteiger partial charge in [-0.1, -0.05) is 13.0 Å². The van der Waals surface area contributed by atoms with Crippen molar-refractivity contribution in [2.24, 2.45) is 5.73 Å². The van der Waals surface area contributed by atoms with Crippen molar-refractivity contribution in [2.45, 2.75) is 44.2 Å². The second-order valence-electron chi connectivity index (χ2n) is 6.25. The Morgan fingerprint density at radius 1 is 1.48 bits per heavy atom. The number of imidazole rings is 1. The predicted octanol–water partition coefficient (Wildman–Crippen LogP) is 2.35. The highest BCUT2D eigenvalue weighted by Gasteiger charge is 2.54. The molecule has 110 valence electrons. The SMILES string of the molecule is CCN1C(c2nc3c(C(N)=O)cccc3[nH]2)CCC12CC2. The highest BCUT2D eigenvalue weighted by atomic mass is 16.1. The van der Waals surface area contributed by atoms with E-state index in [1.165, 1.54) is 19.3 Å². The molecule has 5 nitrogen and oxygen atoms in total. The topological polar surface area (TPSA) is 75.0 Å². The van der Waals surface area contributed by atoms with Gasteiger partial charge < -0.3 is 10.7 Å². The molecule has 2 fully saturated rings. The van der Waals surface area contributed by atoms with Crippen molar-refractivity contribution in [3.63, 3.8) is 0 Å². The quantitative estimate of drug-likeness (QED) is 0.908. The smallest absolute Gasteiger partial charge is 0.250 e. The molecule has 1 atom stereocenters. The average Bonchev–Trinajstić information content (AvgIpc) is 2.96. The summed E-state index contributed by atoms with van der Waals surface area (Å²) in [6.45, 7) is 3.26. The van der Waals surface area contributed by atoms with Gasteiger partial charge in [0.1, 0.15) is 11.3 Å². The number of hydrogen-bond acceptors (Lipinski definition) is 3. The highest BCUT2D eigenvalue weighted by molar-refractivity contribution is 6.04. The molecule has 1 aromatic carbocycles. The standard InChI is InChI=1S/C16H20N4O/c1-2-20-12(6-7-16(20)8-9-16)15-18-11-5-3-4-10(14(17)21)13(11)19-15/h3-5,12H,2,6-9H2,1H3,(H2,17,21)(H,18,19). The van der Waals surface area contributed by atoms with Crippen LogP contribution in [0.25, 0.3) is 11.0 Å². The summed E-state index contributed by atoms with van der Waals surface area (Å²) >= 11 is 0. The third kappa shape index (κ3) is 1.80. The number of aromatic amines is 1. The number of carbonyl (C=O) groups is 1. The Morgan fingerprint density at radius 2 is 2.29 bits per heavy atom. The van der Waals surface area contributed by atoms with E-state index in [2.05, 4.69) is 16.8 Å². The molecule has 5 heteroatoms. The summed E-state index contributed by atoms with van der Waals surface area (Å²) < 4.78 is 0. The van der Waals surface area contributed by atoms with Crippen molar-refractivity contribution in [3.8, 4) is 0 Å². The van der Waals surface area contributed by atoms with Gasteiger partial charge in [0.15, 0.2) is 0 Å². The number of nitrogens with one attached hydrogen (secondary N) is 1. The van der Waals surface area contributed by atoms with Gasteiger partial charge in [-0.05, 0) is 44.4 Å². The summed E-state index contributed by atoms with van der Waals surface area (Å²) in [5, 5.41) is 0. The maximum atomic E-state index is 11.5. The van der Waals surface area contributed by atoms with Crippen LogP contribution < -0.4 is 5.73 Å². The largest absolute Gasteiger partial charge is 0.366 e. The second-order valence-corrected chi connectivity index (χ2v) is 6.25. The summed E-state index contributed by atoms with van der Waals surface area (Å²) in [4.78, 5) is 22.2. The van der Waals surface area contributed by atoms with E-state index >= 15 is 0 Å². The fourth-order valence-electron chi connectivity index (χ4n) is 3.96. The van der Waals surface area contributed by atoms with Crippen LogP contribution in [0.2, 0.25) is 0 Å². The van der Waals surface area contributed by atoms with E-state index in [9.17, 15) is 4.79 Å². The van der Waals surface area contributed by atoms with E-state index in [1.54, 1.807) is 6.07 Å². The van der Waals surface area contributed by atoms with E-state index < -0.39 is 5.91 Å². The van der Waals surface area contributed by atoms with Gasteiger partial charge in [0.2, 0.25) is 0 Å². The van der Waals surface area contributed by atoms with Gasteiger partial charge in [0.25, 0.3) is 5.91 Å². The molecule has 2 aromatic rings. The van der Waals surface area contributed by atoms with Gasteiger partial charge in [-0.15, -0.1) is 0 Å². The van der Waals surface area contributed by atoms with Crippen LogP contribution >= 0.6 is 0 Å². The summed E-state index contributed by atoms with van der Waals surface area (Å²) in [6, 6.07) is 5.88. The van der Waals surface area contributed by atoms with E-state index in [-0.39, 0.29) is 0 Å². The molecule has 2 aliphatic rings. The van der Waals surface area contributed by atoms with Crippen LogP contribution in [0.5, 0.6) is 0 Å². The molecule has 2 heterocycles. The summed E-state index contributed by atoms with van der Waals surface area (Å²) in [5.41, 5.74) is 7.98. The first-order valence-electron chi connectivity index (χ1n) is 7.70. The van der Waals surface area contributed by atoms with Gasteiger partial charge in [-0.2, -0.15) is 0 Å². The molecule has 1 spiro atoms.